The van der Waals surface area contributed by atoms with Gasteiger partial charge in [0, 0.05) is 34.1 Å². The molecular formula is C122H82N2. The van der Waals surface area contributed by atoms with Gasteiger partial charge in [0.2, 0.25) is 0 Å². The largest absolute Gasteiger partial charge is 0.311 e. The third-order valence-corrected chi connectivity index (χ3v) is 24.8. The minimum absolute atomic E-state index is 1.06. The molecule has 0 aliphatic heterocycles. The van der Waals surface area contributed by atoms with Crippen molar-refractivity contribution in [3.05, 3.63) is 497 Å². The maximum absolute atomic E-state index is 2.40. The van der Waals surface area contributed by atoms with Gasteiger partial charge in [-0.2, -0.15) is 0 Å². The Labute approximate surface area is 723 Å². The van der Waals surface area contributed by atoms with Crippen LogP contribution in [0.2, 0.25) is 0 Å². The normalized spacial score (nSPS) is 11.4. The molecule has 0 saturated heterocycles. The van der Waals surface area contributed by atoms with Crippen molar-refractivity contribution in [2.45, 2.75) is 0 Å². The predicted molar refractivity (Wildman–Crippen MR) is 529 cm³/mol. The number of anilines is 6. The van der Waals surface area contributed by atoms with E-state index in [1.165, 1.54) is 137 Å². The van der Waals surface area contributed by atoms with Crippen molar-refractivity contribution in [3.63, 3.8) is 0 Å². The van der Waals surface area contributed by atoms with E-state index in [0.717, 1.165) is 84.2 Å². The molecule has 0 saturated carbocycles. The molecule has 0 unspecified atom stereocenters. The number of nitrogens with zero attached hydrogens (tertiary/aromatic N) is 2. The van der Waals surface area contributed by atoms with E-state index in [2.05, 4.69) is 507 Å². The Bertz CT molecular complexity index is 7720. The van der Waals surface area contributed by atoms with E-state index in [9.17, 15) is 0 Å². The molecule has 0 atom stereocenters. The Morgan fingerprint density at radius 2 is 0.347 bits per heavy atom. The zero-order valence-corrected chi connectivity index (χ0v) is 68.2. The smallest absolute Gasteiger partial charge is 0.0467 e. The first-order chi connectivity index (χ1) is 61.4. The van der Waals surface area contributed by atoms with E-state index >= 15 is 0 Å². The summed E-state index contributed by atoms with van der Waals surface area (Å²) in [4.78, 5) is 4.78. The summed E-state index contributed by atoms with van der Waals surface area (Å²) >= 11 is 0. The molecule has 22 rings (SSSR count). The van der Waals surface area contributed by atoms with Crippen LogP contribution in [-0.4, -0.2) is 0 Å². The molecule has 0 aliphatic rings. The molecule has 124 heavy (non-hydrogen) atoms. The van der Waals surface area contributed by atoms with Gasteiger partial charge in [-0.1, -0.05) is 388 Å². The van der Waals surface area contributed by atoms with Gasteiger partial charge in [0.05, 0.1) is 0 Å². The van der Waals surface area contributed by atoms with Crippen LogP contribution in [-0.2, 0) is 0 Å². The SMILES string of the molecule is c1ccc(-c2c(-c3ccc(N(c4ccc(-c5ccc(-c6cccc7ccccc67)cc5)cc4)c4ccc(-c5cccc(-c6ccc7cc(-c8cccc(-c9cccc(N(c%10ccc(-c%11cccc(-c%12ccc%13ccccc%13c%12)c%11)cc%10)c%10ccc(-c%11ccc%12ccccc%12c%11-c%11ccccc%11)cc%10)c9)c8)ccc7c6)c5)cc4)cc3)ccc3ccccc23)cc1. The average molecular weight is 1580 g/mol. The lowest BCUT2D eigenvalue weighted by molar-refractivity contribution is 1.28. The highest BCUT2D eigenvalue weighted by Gasteiger charge is 2.21. The number of hydrogen-bond acceptors (Lipinski definition) is 2. The van der Waals surface area contributed by atoms with Crippen LogP contribution in [0.25, 0.3) is 187 Å². The van der Waals surface area contributed by atoms with Crippen LogP contribution in [0.1, 0.15) is 0 Å². The fourth-order valence-corrected chi connectivity index (χ4v) is 18.5. The molecule has 0 fully saturated rings. The van der Waals surface area contributed by atoms with E-state index in [1.54, 1.807) is 0 Å². The van der Waals surface area contributed by atoms with Gasteiger partial charge in [-0.15, -0.1) is 0 Å². The molecule has 0 amide bonds. The first-order valence-electron chi connectivity index (χ1n) is 42.7. The van der Waals surface area contributed by atoms with Crippen molar-refractivity contribution >= 4 is 88.0 Å². The van der Waals surface area contributed by atoms with Crippen molar-refractivity contribution in [2.24, 2.45) is 0 Å². The van der Waals surface area contributed by atoms with Crippen LogP contribution in [0.5, 0.6) is 0 Å². The third-order valence-electron chi connectivity index (χ3n) is 24.8. The molecule has 0 aliphatic carbocycles. The Balaban J connectivity index is 0.545. The molecule has 0 N–H and O–H groups in total. The van der Waals surface area contributed by atoms with Crippen LogP contribution >= 0.6 is 0 Å². The Morgan fingerprint density at radius 3 is 0.774 bits per heavy atom. The first kappa shape index (κ1) is 74.1. The Morgan fingerprint density at radius 1 is 0.105 bits per heavy atom. The number of fused-ring (bicyclic) bond motifs is 5. The Hall–Kier alpha value is -16.3. The minimum atomic E-state index is 1.06. The van der Waals surface area contributed by atoms with Crippen LogP contribution in [0.3, 0.4) is 0 Å². The van der Waals surface area contributed by atoms with Gasteiger partial charge < -0.3 is 9.80 Å². The highest BCUT2D eigenvalue weighted by Crippen LogP contribution is 2.47. The summed E-state index contributed by atoms with van der Waals surface area (Å²) in [5.41, 5.74) is 34.7. The third kappa shape index (κ3) is 14.5. The molecule has 0 aromatic heterocycles. The summed E-state index contributed by atoms with van der Waals surface area (Å²) in [7, 11) is 0. The van der Waals surface area contributed by atoms with Crippen LogP contribution in [0.4, 0.5) is 34.1 Å². The predicted octanol–water partition coefficient (Wildman–Crippen LogP) is 34.4. The van der Waals surface area contributed by atoms with Gasteiger partial charge in [0.25, 0.3) is 0 Å². The van der Waals surface area contributed by atoms with Crippen LogP contribution in [0, 0.1) is 0 Å². The lowest BCUT2D eigenvalue weighted by Gasteiger charge is -2.27. The highest BCUT2D eigenvalue weighted by molar-refractivity contribution is 6.07. The van der Waals surface area contributed by atoms with Gasteiger partial charge in [-0.25, -0.2) is 0 Å². The molecule has 0 bridgehead atoms. The van der Waals surface area contributed by atoms with Gasteiger partial charge in [0.1, 0.15) is 0 Å². The summed E-state index contributed by atoms with van der Waals surface area (Å²) < 4.78 is 0. The zero-order valence-electron chi connectivity index (χ0n) is 68.2. The molecule has 580 valence electrons. The second-order valence-electron chi connectivity index (χ2n) is 32.3. The fourth-order valence-electron chi connectivity index (χ4n) is 18.5. The lowest BCUT2D eigenvalue weighted by Crippen LogP contribution is -2.10. The van der Waals surface area contributed by atoms with Crippen molar-refractivity contribution in [1.82, 2.24) is 0 Å². The topological polar surface area (TPSA) is 6.48 Å². The van der Waals surface area contributed by atoms with E-state index in [1.807, 2.05) is 0 Å². The van der Waals surface area contributed by atoms with E-state index in [-0.39, 0.29) is 0 Å². The van der Waals surface area contributed by atoms with E-state index in [4.69, 9.17) is 0 Å². The van der Waals surface area contributed by atoms with E-state index < -0.39 is 0 Å². The second-order valence-corrected chi connectivity index (χ2v) is 32.3. The van der Waals surface area contributed by atoms with Crippen LogP contribution in [0.15, 0.2) is 497 Å². The molecule has 22 aromatic carbocycles. The average Bonchev–Trinajstić information content (AvgIpc) is 0.758. The Kier molecular flexibility index (Phi) is 19.4. The molecule has 0 radical (unpaired) electrons. The van der Waals surface area contributed by atoms with Gasteiger partial charge >= 0.3 is 0 Å². The van der Waals surface area contributed by atoms with Crippen molar-refractivity contribution in [3.8, 4) is 134 Å². The maximum Gasteiger partial charge on any atom is 0.0467 e. The molecule has 0 spiro atoms. The molecule has 2 nitrogen and oxygen atoms in total. The van der Waals surface area contributed by atoms with Crippen molar-refractivity contribution in [1.29, 1.82) is 0 Å². The molecule has 22 aromatic rings. The van der Waals surface area contributed by atoms with Crippen LogP contribution < -0.4 is 9.80 Å². The van der Waals surface area contributed by atoms with Gasteiger partial charge in [-0.05, 0) is 297 Å². The number of rotatable bonds is 18. The second kappa shape index (κ2) is 32.5. The summed E-state index contributed by atoms with van der Waals surface area (Å²) in [5.74, 6) is 0. The summed E-state index contributed by atoms with van der Waals surface area (Å²) in [6, 6.07) is 183. The first-order valence-corrected chi connectivity index (χ1v) is 42.7. The maximum atomic E-state index is 2.40. The summed E-state index contributed by atoms with van der Waals surface area (Å²) in [6.07, 6.45) is 0. The highest BCUT2D eigenvalue weighted by atomic mass is 15.1. The standard InChI is InChI=1S/C122H82N2/c1-3-24-94(25-4-1)121-117-39-13-10-22-89(117)62-74-119(121)92-58-70-111(71-59-92)123(109-64-52-85(53-65-109)84-42-45-91(46-43-84)116-41-19-29-88-21-9-12-38-115(88)116)110-66-54-86(55-67-110)98-31-16-34-101(77-98)105-48-50-108-81-106(49-51-107(108)80-105)102-35-17-32-99(79-102)103-36-18-37-114(82-103)124(112-68-56-87(57-69-112)97-30-15-33-100(76-97)104-47-44-83-20-7-8-28-96(83)78-104)113-72-60-93(61-73-113)120-75-63-90-23-11-14-40-118(90)122(120)95-26-5-2-6-27-95/h1-82H. The summed E-state index contributed by atoms with van der Waals surface area (Å²) in [5, 5.41) is 12.3. The van der Waals surface area contributed by atoms with Gasteiger partial charge in [0.15, 0.2) is 0 Å². The lowest BCUT2D eigenvalue weighted by atomic mass is 9.90. The summed E-state index contributed by atoms with van der Waals surface area (Å²) in [6.45, 7) is 0. The number of benzene rings is 22. The van der Waals surface area contributed by atoms with Gasteiger partial charge in [-0.3, -0.25) is 0 Å². The van der Waals surface area contributed by atoms with Crippen molar-refractivity contribution in [2.75, 3.05) is 9.80 Å². The monoisotopic (exact) mass is 1570 g/mol. The zero-order chi connectivity index (χ0) is 82.2. The quantitative estimate of drug-likeness (QED) is 0.0845. The number of hydrogen-bond donors (Lipinski definition) is 0. The van der Waals surface area contributed by atoms with E-state index in [0.29, 0.717) is 0 Å². The minimum Gasteiger partial charge on any atom is -0.311 e. The molecular weight excluding hydrogens is 1490 g/mol. The molecule has 0 heterocycles. The molecule has 2 heteroatoms. The van der Waals surface area contributed by atoms with Crippen molar-refractivity contribution < 1.29 is 0 Å². The fraction of sp³-hybridized carbons (Fsp3) is 0.